The Morgan fingerprint density at radius 3 is 2.74 bits per heavy atom. The van der Waals surface area contributed by atoms with Gasteiger partial charge in [0.25, 0.3) is 0 Å². The average Bonchev–Trinajstić information content (AvgIpc) is 3.11. The Morgan fingerprint density at radius 1 is 1.26 bits per heavy atom. The van der Waals surface area contributed by atoms with E-state index in [9.17, 15) is 9.59 Å². The van der Waals surface area contributed by atoms with Crippen LogP contribution < -0.4 is 4.90 Å². The van der Waals surface area contributed by atoms with Crippen molar-refractivity contribution >= 4 is 29.1 Å². The second-order valence-electron chi connectivity index (χ2n) is 6.21. The highest BCUT2D eigenvalue weighted by molar-refractivity contribution is 6.33. The lowest BCUT2D eigenvalue weighted by Gasteiger charge is -2.26. The number of halogens is 1. The molecule has 1 aromatic carbocycles. The first-order valence-electron chi connectivity index (χ1n) is 8.12. The molecule has 2 heterocycles. The lowest BCUT2D eigenvalue weighted by Crippen LogP contribution is -2.43. The van der Waals surface area contributed by atoms with Crippen molar-refractivity contribution in [1.29, 1.82) is 0 Å². The summed E-state index contributed by atoms with van der Waals surface area (Å²) in [6.45, 7) is 2.95. The van der Waals surface area contributed by atoms with Crippen LogP contribution in [0.5, 0.6) is 0 Å². The molecule has 2 saturated heterocycles. The van der Waals surface area contributed by atoms with Gasteiger partial charge in [0, 0.05) is 32.6 Å². The number of hydrogen-bond donors (Lipinski definition) is 0. The Hall–Kier alpha value is -1.59. The van der Waals surface area contributed by atoms with Crippen molar-refractivity contribution < 1.29 is 9.59 Å². The smallest absolute Gasteiger partial charge is 0.244 e. The molecule has 0 radical (unpaired) electrons. The van der Waals surface area contributed by atoms with Gasteiger partial charge < -0.3 is 9.80 Å². The fraction of sp³-hybridized carbons (Fsp3) is 0.529. The third kappa shape index (κ3) is 3.35. The van der Waals surface area contributed by atoms with Gasteiger partial charge in [-0.2, -0.15) is 0 Å². The summed E-state index contributed by atoms with van der Waals surface area (Å²) in [6, 6.07) is 7.31. The Bertz CT molecular complexity index is 607. The molecule has 1 aromatic rings. The van der Waals surface area contributed by atoms with Crippen molar-refractivity contribution in [2.75, 3.05) is 38.1 Å². The number of likely N-dealkylation sites (tertiary alicyclic amines) is 1. The molecule has 0 unspecified atom stereocenters. The standard InChI is InChI=1S/C17H22ClN3O2/c1-19(11-12-20-9-4-7-16(20)22)15-8-10-21(17(15)23)14-6-3-2-5-13(14)18/h2-3,5-6,15H,4,7-12H2,1H3/t15-/m1/s1. The van der Waals surface area contributed by atoms with Gasteiger partial charge in [0.1, 0.15) is 0 Å². The van der Waals surface area contributed by atoms with E-state index >= 15 is 0 Å². The lowest BCUT2D eigenvalue weighted by atomic mass is 10.2. The maximum atomic E-state index is 12.7. The number of hydrogen-bond acceptors (Lipinski definition) is 3. The molecule has 124 valence electrons. The number of likely N-dealkylation sites (N-methyl/N-ethyl adjacent to an activating group) is 1. The van der Waals surface area contributed by atoms with Gasteiger partial charge >= 0.3 is 0 Å². The third-order valence-corrected chi connectivity index (χ3v) is 5.07. The van der Waals surface area contributed by atoms with Crippen LogP contribution in [0.15, 0.2) is 24.3 Å². The van der Waals surface area contributed by atoms with Crippen molar-refractivity contribution in [1.82, 2.24) is 9.80 Å². The number of benzene rings is 1. The fourth-order valence-corrected chi connectivity index (χ4v) is 3.60. The van der Waals surface area contributed by atoms with Crippen molar-refractivity contribution in [2.24, 2.45) is 0 Å². The van der Waals surface area contributed by atoms with Gasteiger partial charge in [0.05, 0.1) is 16.8 Å². The molecule has 2 amide bonds. The maximum absolute atomic E-state index is 12.7. The summed E-state index contributed by atoms with van der Waals surface area (Å²) in [4.78, 5) is 30.1. The van der Waals surface area contributed by atoms with Gasteiger partial charge in [-0.05, 0) is 32.0 Å². The average molecular weight is 336 g/mol. The largest absolute Gasteiger partial charge is 0.341 e. The SMILES string of the molecule is CN(CCN1CCCC1=O)[C@@H]1CCN(c2ccccc2Cl)C1=O. The van der Waals surface area contributed by atoms with E-state index in [4.69, 9.17) is 11.6 Å². The van der Waals surface area contributed by atoms with Crippen LogP contribution in [0.3, 0.4) is 0 Å². The van der Waals surface area contributed by atoms with Crippen molar-refractivity contribution in [3.8, 4) is 0 Å². The zero-order chi connectivity index (χ0) is 16.4. The first-order valence-corrected chi connectivity index (χ1v) is 8.49. The number of anilines is 1. The summed E-state index contributed by atoms with van der Waals surface area (Å²) in [5, 5.41) is 0.604. The first kappa shape index (κ1) is 16.3. The molecule has 2 aliphatic heterocycles. The van der Waals surface area contributed by atoms with Gasteiger partial charge in [0.15, 0.2) is 0 Å². The van der Waals surface area contributed by atoms with Gasteiger partial charge in [0.2, 0.25) is 11.8 Å². The maximum Gasteiger partial charge on any atom is 0.244 e. The minimum Gasteiger partial charge on any atom is -0.341 e. The highest BCUT2D eigenvalue weighted by Gasteiger charge is 2.36. The van der Waals surface area contributed by atoms with E-state index in [1.165, 1.54) is 0 Å². The van der Waals surface area contributed by atoms with Crippen LogP contribution in [0.2, 0.25) is 5.02 Å². The number of carbonyl (C=O) groups is 2. The van der Waals surface area contributed by atoms with E-state index < -0.39 is 0 Å². The Balaban J connectivity index is 1.60. The van der Waals surface area contributed by atoms with E-state index in [0.29, 0.717) is 24.5 Å². The summed E-state index contributed by atoms with van der Waals surface area (Å²) >= 11 is 6.21. The van der Waals surface area contributed by atoms with Crippen LogP contribution in [0.1, 0.15) is 19.3 Å². The summed E-state index contributed by atoms with van der Waals surface area (Å²) < 4.78 is 0. The molecule has 0 aliphatic carbocycles. The molecule has 1 atom stereocenters. The van der Waals surface area contributed by atoms with Crippen LogP contribution in [-0.2, 0) is 9.59 Å². The third-order valence-electron chi connectivity index (χ3n) is 4.75. The summed E-state index contributed by atoms with van der Waals surface area (Å²) in [7, 11) is 1.96. The molecule has 2 aliphatic rings. The molecule has 6 heteroatoms. The minimum atomic E-state index is -0.135. The number of nitrogens with zero attached hydrogens (tertiary/aromatic N) is 3. The Morgan fingerprint density at radius 2 is 2.04 bits per heavy atom. The van der Waals surface area contributed by atoms with Crippen LogP contribution in [0.4, 0.5) is 5.69 Å². The molecule has 3 rings (SSSR count). The second-order valence-corrected chi connectivity index (χ2v) is 6.62. The van der Waals surface area contributed by atoms with Gasteiger partial charge in [-0.15, -0.1) is 0 Å². The lowest BCUT2D eigenvalue weighted by molar-refractivity contribution is -0.127. The minimum absolute atomic E-state index is 0.0911. The van der Waals surface area contributed by atoms with Gasteiger partial charge in [-0.3, -0.25) is 14.5 Å². The van der Waals surface area contributed by atoms with Gasteiger partial charge in [-0.25, -0.2) is 0 Å². The predicted molar refractivity (Wildman–Crippen MR) is 90.7 cm³/mol. The van der Waals surface area contributed by atoms with Crippen LogP contribution in [-0.4, -0.2) is 60.9 Å². The number of rotatable bonds is 5. The normalized spacial score (nSPS) is 21.8. The monoisotopic (exact) mass is 335 g/mol. The summed E-state index contributed by atoms with van der Waals surface area (Å²) in [6.07, 6.45) is 2.39. The van der Waals surface area contributed by atoms with E-state index in [1.807, 2.05) is 30.1 Å². The highest BCUT2D eigenvalue weighted by atomic mass is 35.5. The summed E-state index contributed by atoms with van der Waals surface area (Å²) in [5.74, 6) is 0.321. The quantitative estimate of drug-likeness (QED) is 0.826. The number of para-hydroxylation sites is 1. The molecule has 0 aromatic heterocycles. The first-order chi connectivity index (χ1) is 11.1. The second kappa shape index (κ2) is 6.89. The van der Waals surface area contributed by atoms with E-state index in [0.717, 1.165) is 31.6 Å². The Kier molecular flexibility index (Phi) is 4.87. The highest BCUT2D eigenvalue weighted by Crippen LogP contribution is 2.30. The molecule has 2 fully saturated rings. The fourth-order valence-electron chi connectivity index (χ4n) is 3.36. The molecule has 0 spiro atoms. The predicted octanol–water partition coefficient (Wildman–Crippen LogP) is 2.00. The molecular weight excluding hydrogens is 314 g/mol. The van der Waals surface area contributed by atoms with Crippen molar-refractivity contribution in [3.05, 3.63) is 29.3 Å². The van der Waals surface area contributed by atoms with Crippen LogP contribution in [0.25, 0.3) is 0 Å². The molecular formula is C17H22ClN3O2. The topological polar surface area (TPSA) is 43.9 Å². The Labute approximate surface area is 141 Å². The molecule has 5 nitrogen and oxygen atoms in total. The number of carbonyl (C=O) groups excluding carboxylic acids is 2. The van der Waals surface area contributed by atoms with E-state index in [2.05, 4.69) is 4.90 Å². The van der Waals surface area contributed by atoms with Crippen molar-refractivity contribution in [3.63, 3.8) is 0 Å². The zero-order valence-electron chi connectivity index (χ0n) is 13.4. The molecule has 0 N–H and O–H groups in total. The van der Waals surface area contributed by atoms with E-state index in [1.54, 1.807) is 11.0 Å². The molecule has 23 heavy (non-hydrogen) atoms. The molecule has 0 saturated carbocycles. The van der Waals surface area contributed by atoms with E-state index in [-0.39, 0.29) is 17.9 Å². The van der Waals surface area contributed by atoms with Crippen LogP contribution >= 0.6 is 11.6 Å². The van der Waals surface area contributed by atoms with Crippen LogP contribution in [0, 0.1) is 0 Å². The molecule has 0 bridgehead atoms. The number of amides is 2. The van der Waals surface area contributed by atoms with Gasteiger partial charge in [-0.1, -0.05) is 23.7 Å². The zero-order valence-corrected chi connectivity index (χ0v) is 14.1. The van der Waals surface area contributed by atoms with Crippen molar-refractivity contribution in [2.45, 2.75) is 25.3 Å². The summed E-state index contributed by atoms with van der Waals surface area (Å²) in [5.41, 5.74) is 0.782.